The predicted molar refractivity (Wildman–Crippen MR) is 165 cm³/mol. The first-order valence-corrected chi connectivity index (χ1v) is 16.7. The van der Waals surface area contributed by atoms with Gasteiger partial charge >= 0.3 is 6.09 Å². The maximum absolute atomic E-state index is 14.2. The van der Waals surface area contributed by atoms with Crippen LogP contribution in [0.3, 0.4) is 0 Å². The van der Waals surface area contributed by atoms with E-state index in [1.54, 1.807) is 20.8 Å². The average Bonchev–Trinajstić information content (AvgIpc) is 3.18. The fourth-order valence-electron chi connectivity index (χ4n) is 6.78. The van der Waals surface area contributed by atoms with E-state index in [0.29, 0.717) is 31.4 Å². The third-order valence-corrected chi connectivity index (χ3v) is 10.1. The SMILES string of the molecule is CC(C)C[C@@H]1CCO[C@H]2C(C(=O)N[C@@H]3C/C=C\CC(CN=[N+]=[N-])S[C@H]4O[C@H]3[C@H](O)[C@H](O)[C@H]4O)N(C(=O)OC(C)(C)C)C[C@@H]2C1. The number of fused-ring (bicyclic) bond motifs is 3. The van der Waals surface area contributed by atoms with Crippen LogP contribution in [-0.4, -0.2) is 111 Å². The lowest BCUT2D eigenvalue weighted by atomic mass is 9.85. The van der Waals surface area contributed by atoms with Crippen molar-refractivity contribution in [3.8, 4) is 0 Å². The second-order valence-electron chi connectivity index (χ2n) is 13.9. The molecule has 4 aliphatic rings. The number of nitrogens with zero attached hydrogens (tertiary/aromatic N) is 4. The number of amides is 2. The van der Waals surface area contributed by atoms with E-state index >= 15 is 0 Å². The van der Waals surface area contributed by atoms with Crippen LogP contribution in [0.4, 0.5) is 4.79 Å². The number of hydrogen-bond donors (Lipinski definition) is 4. The molecule has 0 radical (unpaired) electrons. The first-order chi connectivity index (χ1) is 20.8. The predicted octanol–water partition coefficient (Wildman–Crippen LogP) is 3.12. The van der Waals surface area contributed by atoms with E-state index < -0.39 is 65.6 Å². The molecule has 0 aromatic carbocycles. The Morgan fingerprint density at radius 1 is 1.16 bits per heavy atom. The molecule has 14 heteroatoms. The highest BCUT2D eigenvalue weighted by Gasteiger charge is 2.53. The van der Waals surface area contributed by atoms with Gasteiger partial charge in [0.1, 0.15) is 41.5 Å². The summed E-state index contributed by atoms with van der Waals surface area (Å²) in [5.74, 6) is 0.442. The molecule has 13 nitrogen and oxygen atoms in total. The third-order valence-electron chi connectivity index (χ3n) is 8.68. The zero-order valence-corrected chi connectivity index (χ0v) is 27.1. The molecule has 2 unspecified atom stereocenters. The summed E-state index contributed by atoms with van der Waals surface area (Å²) in [5.41, 5.74) is 7.09. The summed E-state index contributed by atoms with van der Waals surface area (Å²) in [4.78, 5) is 31.9. The number of carbonyl (C=O) groups is 2. The topological polar surface area (TPSA) is 187 Å². The van der Waals surface area contributed by atoms with Crippen molar-refractivity contribution in [3.05, 3.63) is 22.6 Å². The Bertz CT molecular complexity index is 1080. The molecule has 0 spiro atoms. The second-order valence-corrected chi connectivity index (χ2v) is 15.3. The van der Waals surface area contributed by atoms with Crippen LogP contribution in [-0.2, 0) is 19.0 Å². The van der Waals surface area contributed by atoms with Crippen LogP contribution in [0.25, 0.3) is 10.4 Å². The van der Waals surface area contributed by atoms with Crippen LogP contribution in [0.5, 0.6) is 0 Å². The molecule has 44 heavy (non-hydrogen) atoms. The molecule has 2 bridgehead atoms. The molecule has 0 saturated carbocycles. The third kappa shape index (κ3) is 8.60. The smallest absolute Gasteiger partial charge is 0.411 e. The molecule has 11 atom stereocenters. The number of rotatable bonds is 6. The molecule has 3 saturated heterocycles. The molecule has 4 aliphatic heterocycles. The molecular weight excluding hydrogens is 590 g/mol. The summed E-state index contributed by atoms with van der Waals surface area (Å²) in [6, 6.07) is -1.74. The van der Waals surface area contributed by atoms with Crippen molar-refractivity contribution in [1.29, 1.82) is 0 Å². The summed E-state index contributed by atoms with van der Waals surface area (Å²) in [7, 11) is 0. The van der Waals surface area contributed by atoms with Crippen molar-refractivity contribution in [3.63, 3.8) is 0 Å². The Kier molecular flexibility index (Phi) is 11.9. The maximum atomic E-state index is 14.2. The number of hydrogen-bond acceptors (Lipinski definition) is 10. The van der Waals surface area contributed by atoms with Gasteiger partial charge in [0, 0.05) is 35.8 Å². The number of thioether (sulfide) groups is 1. The number of nitrogens with one attached hydrogen (secondary N) is 1. The highest BCUT2D eigenvalue weighted by Crippen LogP contribution is 2.39. The Hall–Kier alpha value is -2.06. The van der Waals surface area contributed by atoms with Gasteiger partial charge in [0.25, 0.3) is 0 Å². The number of carbonyl (C=O) groups excluding carboxylic acids is 2. The van der Waals surface area contributed by atoms with E-state index in [1.165, 1.54) is 16.7 Å². The monoisotopic (exact) mass is 639 g/mol. The van der Waals surface area contributed by atoms with E-state index in [-0.39, 0.29) is 24.1 Å². The van der Waals surface area contributed by atoms with E-state index in [0.717, 1.165) is 19.3 Å². The van der Waals surface area contributed by atoms with Gasteiger partial charge in [-0.3, -0.25) is 9.69 Å². The van der Waals surface area contributed by atoms with Gasteiger partial charge in [0.2, 0.25) is 5.91 Å². The van der Waals surface area contributed by atoms with Gasteiger partial charge in [-0.15, -0.1) is 11.8 Å². The lowest BCUT2D eigenvalue weighted by molar-refractivity contribution is -0.205. The molecule has 0 aliphatic carbocycles. The van der Waals surface area contributed by atoms with Crippen LogP contribution in [0.2, 0.25) is 0 Å². The maximum Gasteiger partial charge on any atom is 0.411 e. The van der Waals surface area contributed by atoms with Gasteiger partial charge in [0.05, 0.1) is 12.1 Å². The number of ether oxygens (including phenoxy) is 3. The van der Waals surface area contributed by atoms with E-state index in [2.05, 4.69) is 29.2 Å². The second kappa shape index (κ2) is 15.0. The average molecular weight is 640 g/mol. The van der Waals surface area contributed by atoms with Crippen molar-refractivity contribution >= 4 is 23.8 Å². The van der Waals surface area contributed by atoms with Gasteiger partial charge in [-0.2, -0.15) is 0 Å². The van der Waals surface area contributed by atoms with E-state index in [4.69, 9.17) is 19.7 Å². The fraction of sp³-hybridized carbons (Fsp3) is 0.867. The number of likely N-dealkylation sites (tertiary alicyclic amines) is 1. The van der Waals surface area contributed by atoms with Gasteiger partial charge in [-0.1, -0.05) is 31.1 Å². The van der Waals surface area contributed by atoms with Crippen molar-refractivity contribution in [2.75, 3.05) is 19.7 Å². The standard InChI is InChI=1S/C30H49N5O8S/c1-16(2)12-17-10-11-41-25-18(13-17)15-35(29(40)43-30(3,4)5)21(25)27(39)33-20-9-7-6-8-19(14-32-34-31)44-28-24(38)22(36)23(37)26(20)42-28/h6-7,16-26,28,36-38H,8-15H2,1-5H3,(H,33,39)/b7-6-/t17-,18-,19?,20+,21?,22-,23+,24+,25+,26+,28+/m0/s1. The summed E-state index contributed by atoms with van der Waals surface area (Å²) in [5, 5.41) is 38.9. The van der Waals surface area contributed by atoms with Gasteiger partial charge in [-0.05, 0) is 70.2 Å². The molecule has 4 rings (SSSR count). The minimum absolute atomic E-state index is 0.0456. The van der Waals surface area contributed by atoms with E-state index in [9.17, 15) is 24.9 Å². The van der Waals surface area contributed by atoms with Gasteiger partial charge in [0.15, 0.2) is 0 Å². The van der Waals surface area contributed by atoms with Crippen LogP contribution >= 0.6 is 11.8 Å². The summed E-state index contributed by atoms with van der Waals surface area (Å²) in [6.45, 7) is 10.7. The molecular formula is C30H49N5O8S. The van der Waals surface area contributed by atoms with Crippen molar-refractivity contribution < 1.29 is 39.1 Å². The molecule has 0 aromatic heterocycles. The molecule has 2 amide bonds. The quantitative estimate of drug-likeness (QED) is 0.147. The highest BCUT2D eigenvalue weighted by molar-refractivity contribution is 8.00. The number of aliphatic hydroxyl groups is 3. The summed E-state index contributed by atoms with van der Waals surface area (Å²) in [6.07, 6.45) is 0.711. The first kappa shape index (κ1) is 34.8. The lowest BCUT2D eigenvalue weighted by Crippen LogP contribution is -2.64. The normalized spacial score (nSPS) is 38.6. The molecule has 3 fully saturated rings. The zero-order valence-electron chi connectivity index (χ0n) is 26.3. The van der Waals surface area contributed by atoms with Crippen LogP contribution < -0.4 is 5.32 Å². The van der Waals surface area contributed by atoms with Crippen molar-refractivity contribution in [2.45, 2.75) is 126 Å². The van der Waals surface area contributed by atoms with Crippen molar-refractivity contribution in [1.82, 2.24) is 10.2 Å². The minimum Gasteiger partial charge on any atom is -0.444 e. The van der Waals surface area contributed by atoms with Gasteiger partial charge < -0.3 is 34.8 Å². The van der Waals surface area contributed by atoms with Gasteiger partial charge in [-0.25, -0.2) is 4.79 Å². The van der Waals surface area contributed by atoms with Crippen molar-refractivity contribution in [2.24, 2.45) is 22.9 Å². The molecule has 248 valence electrons. The number of azide groups is 1. The minimum atomic E-state index is -1.52. The van der Waals surface area contributed by atoms with Crippen LogP contribution in [0, 0.1) is 17.8 Å². The molecule has 4 heterocycles. The Balaban J connectivity index is 1.60. The highest BCUT2D eigenvalue weighted by atomic mass is 32.2. The van der Waals surface area contributed by atoms with Crippen LogP contribution in [0.1, 0.15) is 66.7 Å². The van der Waals surface area contributed by atoms with E-state index in [1.807, 2.05) is 12.2 Å². The molecule has 4 N–H and O–H groups in total. The number of aliphatic hydroxyl groups excluding tert-OH is 3. The van der Waals surface area contributed by atoms with Crippen LogP contribution in [0.15, 0.2) is 17.3 Å². The Morgan fingerprint density at radius 3 is 2.57 bits per heavy atom. The summed E-state index contributed by atoms with van der Waals surface area (Å²) >= 11 is 1.21. The first-order valence-electron chi connectivity index (χ1n) is 15.7. The fourth-order valence-corrected chi connectivity index (χ4v) is 8.05. The molecule has 0 aromatic rings. The summed E-state index contributed by atoms with van der Waals surface area (Å²) < 4.78 is 18.2. The number of allylic oxidation sites excluding steroid dienone is 1. The lowest BCUT2D eigenvalue weighted by Gasteiger charge is -2.44. The largest absolute Gasteiger partial charge is 0.444 e. The Labute approximate surface area is 263 Å². The Morgan fingerprint density at radius 2 is 1.89 bits per heavy atom. The zero-order chi connectivity index (χ0) is 32.2.